The number of hydrogen-bond acceptors (Lipinski definition) is 6. The van der Waals surface area contributed by atoms with Gasteiger partial charge in [0.05, 0.1) is 0 Å². The summed E-state index contributed by atoms with van der Waals surface area (Å²) in [5.41, 5.74) is 0. The molecule has 1 unspecified atom stereocenters. The highest BCUT2D eigenvalue weighted by atomic mass is 16.6. The first-order valence-electron chi connectivity index (χ1n) is 24.3. The van der Waals surface area contributed by atoms with Crippen molar-refractivity contribution in [3.05, 3.63) is 97.2 Å². The highest BCUT2D eigenvalue weighted by Gasteiger charge is 2.19. The third kappa shape index (κ3) is 45.4. The van der Waals surface area contributed by atoms with Gasteiger partial charge in [0.2, 0.25) is 0 Å². The normalized spacial score (nSPS) is 12.9. The lowest BCUT2D eigenvalue weighted by molar-refractivity contribution is -0.167. The average molecular weight is 833 g/mol. The van der Waals surface area contributed by atoms with Gasteiger partial charge in [0, 0.05) is 19.3 Å². The van der Waals surface area contributed by atoms with Crippen molar-refractivity contribution in [3.63, 3.8) is 0 Å². The van der Waals surface area contributed by atoms with Crippen LogP contribution >= 0.6 is 0 Å². The number of allylic oxidation sites excluding steroid dienone is 16. The molecule has 0 rings (SSSR count). The highest BCUT2D eigenvalue weighted by Crippen LogP contribution is 2.13. The van der Waals surface area contributed by atoms with Gasteiger partial charge in [-0.25, -0.2) is 0 Å². The minimum absolute atomic E-state index is 0.113. The lowest BCUT2D eigenvalue weighted by Gasteiger charge is -2.18. The minimum atomic E-state index is -0.821. The molecule has 0 amide bonds. The molecule has 0 N–H and O–H groups in total. The predicted octanol–water partition coefficient (Wildman–Crippen LogP) is 15.8. The zero-order valence-electron chi connectivity index (χ0n) is 38.7. The summed E-state index contributed by atoms with van der Waals surface area (Å²) in [6, 6.07) is 0. The molecule has 6 heteroatoms. The topological polar surface area (TPSA) is 78.9 Å². The Bertz CT molecular complexity index is 1230. The molecule has 0 aliphatic carbocycles. The number of hydrogen-bond donors (Lipinski definition) is 0. The first kappa shape index (κ1) is 56.3. The third-order valence-corrected chi connectivity index (χ3v) is 10.0. The first-order chi connectivity index (χ1) is 29.5. The van der Waals surface area contributed by atoms with Gasteiger partial charge in [0.1, 0.15) is 13.2 Å². The molecule has 0 saturated heterocycles. The van der Waals surface area contributed by atoms with E-state index in [4.69, 9.17) is 14.2 Å². The van der Waals surface area contributed by atoms with Crippen LogP contribution in [0.1, 0.15) is 207 Å². The van der Waals surface area contributed by atoms with Gasteiger partial charge >= 0.3 is 17.9 Å². The van der Waals surface area contributed by atoms with E-state index in [9.17, 15) is 14.4 Å². The molecule has 0 heterocycles. The molecule has 0 saturated carbocycles. The Morgan fingerprint density at radius 1 is 0.350 bits per heavy atom. The number of esters is 3. The Morgan fingerprint density at radius 2 is 0.667 bits per heavy atom. The van der Waals surface area contributed by atoms with Gasteiger partial charge in [-0.2, -0.15) is 0 Å². The quantitative estimate of drug-likeness (QED) is 0.0264. The predicted molar refractivity (Wildman–Crippen MR) is 256 cm³/mol. The van der Waals surface area contributed by atoms with Crippen molar-refractivity contribution >= 4 is 17.9 Å². The molecule has 0 spiro atoms. The number of unbranched alkanes of at least 4 members (excludes halogenated alkanes) is 21. The molecule has 0 aromatic heterocycles. The van der Waals surface area contributed by atoms with Gasteiger partial charge < -0.3 is 14.2 Å². The zero-order valence-corrected chi connectivity index (χ0v) is 38.7. The monoisotopic (exact) mass is 833 g/mol. The van der Waals surface area contributed by atoms with Gasteiger partial charge in [-0.15, -0.1) is 0 Å². The fourth-order valence-electron chi connectivity index (χ4n) is 6.35. The van der Waals surface area contributed by atoms with E-state index in [0.717, 1.165) is 77.0 Å². The van der Waals surface area contributed by atoms with Crippen molar-refractivity contribution in [2.45, 2.75) is 213 Å². The first-order valence-corrected chi connectivity index (χ1v) is 24.3. The molecular weight excluding hydrogens is 745 g/mol. The van der Waals surface area contributed by atoms with Gasteiger partial charge in [-0.3, -0.25) is 14.4 Å². The number of ether oxygens (including phenoxy) is 3. The van der Waals surface area contributed by atoms with Crippen LogP contribution in [0.2, 0.25) is 0 Å². The second kappa shape index (κ2) is 48.0. The maximum Gasteiger partial charge on any atom is 0.306 e. The number of carbonyl (C=O) groups is 3. The van der Waals surface area contributed by atoms with Crippen molar-refractivity contribution in [1.29, 1.82) is 0 Å². The summed E-state index contributed by atoms with van der Waals surface area (Å²) in [7, 11) is 0. The zero-order chi connectivity index (χ0) is 43.7. The molecule has 0 aliphatic heterocycles. The van der Waals surface area contributed by atoms with Gasteiger partial charge in [-0.1, -0.05) is 227 Å². The molecule has 6 nitrogen and oxygen atoms in total. The summed E-state index contributed by atoms with van der Waals surface area (Å²) in [4.78, 5) is 37.8. The smallest absolute Gasteiger partial charge is 0.306 e. The van der Waals surface area contributed by atoms with Gasteiger partial charge in [0.15, 0.2) is 6.10 Å². The summed E-state index contributed by atoms with van der Waals surface area (Å²) in [5.74, 6) is -1.01. The van der Waals surface area contributed by atoms with Crippen molar-refractivity contribution < 1.29 is 28.6 Å². The van der Waals surface area contributed by atoms with E-state index in [2.05, 4.69) is 63.3 Å². The Labute approximate surface area is 368 Å². The maximum absolute atomic E-state index is 12.7. The van der Waals surface area contributed by atoms with Crippen LogP contribution in [0.15, 0.2) is 97.2 Å². The van der Waals surface area contributed by atoms with Crippen molar-refractivity contribution in [1.82, 2.24) is 0 Å². The molecule has 0 aromatic carbocycles. The van der Waals surface area contributed by atoms with Crippen LogP contribution in [0.25, 0.3) is 0 Å². The maximum atomic E-state index is 12.7. The van der Waals surface area contributed by atoms with Crippen LogP contribution in [-0.4, -0.2) is 37.2 Å². The van der Waals surface area contributed by atoms with E-state index in [1.165, 1.54) is 83.5 Å². The molecule has 0 bridgehead atoms. The summed E-state index contributed by atoms with van der Waals surface area (Å²) < 4.78 is 16.7. The van der Waals surface area contributed by atoms with E-state index < -0.39 is 6.10 Å². The van der Waals surface area contributed by atoms with Crippen LogP contribution in [0.4, 0.5) is 0 Å². The van der Waals surface area contributed by atoms with Crippen molar-refractivity contribution in [3.8, 4) is 0 Å². The Kier molecular flexibility index (Phi) is 45.1. The summed E-state index contributed by atoms with van der Waals surface area (Å²) in [6.45, 7) is 6.37. The molecule has 0 fully saturated rings. The second-order valence-electron chi connectivity index (χ2n) is 15.8. The van der Waals surface area contributed by atoms with E-state index in [0.29, 0.717) is 19.3 Å². The second-order valence-corrected chi connectivity index (χ2v) is 15.8. The van der Waals surface area contributed by atoms with Gasteiger partial charge in [-0.05, 0) is 57.8 Å². The lowest BCUT2D eigenvalue weighted by Crippen LogP contribution is -2.30. The Morgan fingerprint density at radius 3 is 1.07 bits per heavy atom. The van der Waals surface area contributed by atoms with Crippen LogP contribution in [0.3, 0.4) is 0 Å². The molecule has 0 aliphatic rings. The largest absolute Gasteiger partial charge is 0.462 e. The molecule has 340 valence electrons. The Hall–Kier alpha value is -3.67. The number of carbonyl (C=O) groups excluding carboxylic acids is 3. The van der Waals surface area contributed by atoms with E-state index in [1.807, 2.05) is 54.7 Å². The highest BCUT2D eigenvalue weighted by molar-refractivity contribution is 5.71. The lowest BCUT2D eigenvalue weighted by atomic mass is 10.1. The summed E-state index contributed by atoms with van der Waals surface area (Å²) in [5, 5.41) is 0. The van der Waals surface area contributed by atoms with Crippen molar-refractivity contribution in [2.75, 3.05) is 13.2 Å². The average Bonchev–Trinajstić information content (AvgIpc) is 3.24. The van der Waals surface area contributed by atoms with Crippen LogP contribution in [0, 0.1) is 0 Å². The van der Waals surface area contributed by atoms with Crippen molar-refractivity contribution in [2.24, 2.45) is 0 Å². The molecule has 0 aromatic rings. The van der Waals surface area contributed by atoms with Crippen LogP contribution < -0.4 is 0 Å². The number of rotatable bonds is 42. The molecule has 0 radical (unpaired) electrons. The SMILES string of the molecule is CC\C=C/C=C\C=C/C=C\C=C/CCCC(=O)OC(COC(=O)CCCCCCC\C=C/C=C\C=C/CCCCCCC)COC(=O)CCCCCCCCCCCCC. The fourth-order valence-corrected chi connectivity index (χ4v) is 6.35. The fraction of sp³-hybridized carbons (Fsp3) is 0.648. The standard InChI is InChI=1S/C54H88O6/c1-4-7-10-13-16-19-22-24-25-26-27-28-30-32-35-38-41-44-47-53(56)59-50-51(49-58-52(55)46-43-40-37-34-31-21-18-15-12-9-6-3)60-54(57)48-45-42-39-36-33-29-23-20-17-14-11-8-5-2/h8,11,14,17,20,22-29,33,36,39,51H,4-7,9-10,12-13,15-16,18-19,21,30-32,34-35,37-38,40-50H2,1-3H3/b11-8-,17-14-,23-20-,24-22-,26-25-,28-27-,33-29-,39-36-. The molecule has 1 atom stereocenters. The molecular formula is C54H88O6. The summed E-state index contributed by atoms with van der Waals surface area (Å²) in [6.07, 6.45) is 62.5. The Balaban J connectivity index is 4.51. The third-order valence-electron chi connectivity index (χ3n) is 10.0. The van der Waals surface area contributed by atoms with E-state index >= 15 is 0 Å². The molecule has 60 heavy (non-hydrogen) atoms. The summed E-state index contributed by atoms with van der Waals surface area (Å²) >= 11 is 0. The van der Waals surface area contributed by atoms with Crippen LogP contribution in [-0.2, 0) is 28.6 Å². The van der Waals surface area contributed by atoms with E-state index in [-0.39, 0.29) is 37.5 Å². The van der Waals surface area contributed by atoms with Crippen LogP contribution in [0.5, 0.6) is 0 Å². The van der Waals surface area contributed by atoms with E-state index in [1.54, 1.807) is 0 Å². The minimum Gasteiger partial charge on any atom is -0.462 e. The van der Waals surface area contributed by atoms with Gasteiger partial charge in [0.25, 0.3) is 0 Å².